The molecule has 0 spiro atoms. The SMILES string of the molecule is Ic1ccccc1-c1ccccc1.O=S(=O)(O)c1cccc2c(O)cccc12. The van der Waals surface area contributed by atoms with Crippen molar-refractivity contribution >= 4 is 43.5 Å². The number of hydrogen-bond donors (Lipinski definition) is 2. The van der Waals surface area contributed by atoms with E-state index in [1.54, 1.807) is 6.07 Å². The molecule has 0 bridgehead atoms. The minimum atomic E-state index is -4.26. The topological polar surface area (TPSA) is 74.6 Å². The van der Waals surface area contributed by atoms with Gasteiger partial charge in [0, 0.05) is 14.3 Å². The highest BCUT2D eigenvalue weighted by atomic mass is 127. The van der Waals surface area contributed by atoms with Gasteiger partial charge < -0.3 is 5.11 Å². The predicted molar refractivity (Wildman–Crippen MR) is 120 cm³/mol. The molecule has 0 aliphatic carbocycles. The molecule has 4 nitrogen and oxygen atoms in total. The highest BCUT2D eigenvalue weighted by molar-refractivity contribution is 14.1. The first kappa shape index (κ1) is 20.3. The molecule has 4 aromatic carbocycles. The second-order valence-electron chi connectivity index (χ2n) is 5.95. The molecule has 142 valence electrons. The molecule has 0 atom stereocenters. The molecule has 0 aliphatic rings. The van der Waals surface area contributed by atoms with E-state index in [0.29, 0.717) is 10.8 Å². The van der Waals surface area contributed by atoms with Crippen LogP contribution in [0.1, 0.15) is 0 Å². The Kier molecular flexibility index (Phi) is 6.33. The Morgan fingerprint density at radius 2 is 1.29 bits per heavy atom. The number of halogens is 1. The monoisotopic (exact) mass is 504 g/mol. The van der Waals surface area contributed by atoms with Crippen molar-refractivity contribution in [1.82, 2.24) is 0 Å². The zero-order valence-electron chi connectivity index (χ0n) is 14.7. The van der Waals surface area contributed by atoms with Crippen molar-refractivity contribution in [1.29, 1.82) is 0 Å². The molecular formula is C22H17IO4S. The number of aromatic hydroxyl groups is 1. The van der Waals surface area contributed by atoms with Gasteiger partial charge in [0.1, 0.15) is 10.6 Å². The summed E-state index contributed by atoms with van der Waals surface area (Å²) in [5.74, 6) is -0.0157. The van der Waals surface area contributed by atoms with Crippen molar-refractivity contribution in [2.45, 2.75) is 4.90 Å². The largest absolute Gasteiger partial charge is 0.507 e. The molecule has 0 aliphatic heterocycles. The van der Waals surface area contributed by atoms with Crippen LogP contribution in [0.3, 0.4) is 0 Å². The zero-order valence-corrected chi connectivity index (χ0v) is 17.6. The van der Waals surface area contributed by atoms with Gasteiger partial charge in [-0.25, -0.2) is 0 Å². The van der Waals surface area contributed by atoms with Gasteiger partial charge >= 0.3 is 0 Å². The summed E-state index contributed by atoms with van der Waals surface area (Å²) in [7, 11) is -4.26. The van der Waals surface area contributed by atoms with E-state index in [1.807, 2.05) is 6.07 Å². The van der Waals surface area contributed by atoms with Crippen LogP contribution in [0.4, 0.5) is 0 Å². The Hall–Kier alpha value is -2.42. The number of phenolic OH excluding ortho intramolecular Hbond substituents is 1. The third-order valence-electron chi connectivity index (χ3n) is 4.10. The molecule has 0 saturated carbocycles. The molecule has 0 radical (unpaired) electrons. The maximum absolute atomic E-state index is 11.0. The fraction of sp³-hybridized carbons (Fsp3) is 0. The highest BCUT2D eigenvalue weighted by Gasteiger charge is 2.14. The molecule has 28 heavy (non-hydrogen) atoms. The number of phenols is 1. The van der Waals surface area contributed by atoms with Gasteiger partial charge in [-0.2, -0.15) is 8.42 Å². The van der Waals surface area contributed by atoms with Gasteiger partial charge in [-0.1, -0.05) is 72.8 Å². The van der Waals surface area contributed by atoms with E-state index in [1.165, 1.54) is 45.0 Å². The van der Waals surface area contributed by atoms with Crippen molar-refractivity contribution in [2.75, 3.05) is 0 Å². The fourth-order valence-corrected chi connectivity index (χ4v) is 4.21. The number of fused-ring (bicyclic) bond motifs is 1. The summed E-state index contributed by atoms with van der Waals surface area (Å²) in [6.45, 7) is 0. The summed E-state index contributed by atoms with van der Waals surface area (Å²) in [5.41, 5.74) is 2.59. The van der Waals surface area contributed by atoms with Crippen LogP contribution in [0, 0.1) is 3.57 Å². The number of rotatable bonds is 2. The van der Waals surface area contributed by atoms with Gasteiger partial charge in [-0.05, 0) is 51.9 Å². The van der Waals surface area contributed by atoms with E-state index in [9.17, 15) is 13.5 Å². The molecule has 4 rings (SSSR count). The van der Waals surface area contributed by atoms with Crippen molar-refractivity contribution < 1.29 is 18.1 Å². The minimum Gasteiger partial charge on any atom is -0.507 e. The van der Waals surface area contributed by atoms with Crippen LogP contribution in [0.5, 0.6) is 5.75 Å². The van der Waals surface area contributed by atoms with E-state index < -0.39 is 10.1 Å². The Balaban J connectivity index is 0.000000162. The van der Waals surface area contributed by atoms with E-state index in [0.717, 1.165) is 0 Å². The number of hydrogen-bond acceptors (Lipinski definition) is 3. The van der Waals surface area contributed by atoms with Crippen LogP contribution in [0.15, 0.2) is 95.9 Å². The lowest BCUT2D eigenvalue weighted by molar-refractivity contribution is 0.481. The third-order valence-corrected chi connectivity index (χ3v) is 5.95. The number of benzene rings is 4. The Labute approximate surface area is 177 Å². The van der Waals surface area contributed by atoms with Gasteiger partial charge in [0.2, 0.25) is 0 Å². The molecular weight excluding hydrogens is 487 g/mol. The molecule has 0 saturated heterocycles. The Morgan fingerprint density at radius 1 is 0.679 bits per heavy atom. The van der Waals surface area contributed by atoms with Crippen LogP contribution in [-0.4, -0.2) is 18.1 Å². The maximum Gasteiger partial charge on any atom is 0.295 e. The first-order valence-corrected chi connectivity index (χ1v) is 10.9. The smallest absolute Gasteiger partial charge is 0.295 e. The van der Waals surface area contributed by atoms with Gasteiger partial charge in [-0.3, -0.25) is 4.55 Å². The molecule has 0 heterocycles. The summed E-state index contributed by atoms with van der Waals surface area (Å²) in [4.78, 5) is -0.198. The zero-order chi connectivity index (χ0) is 20.1. The average molecular weight is 504 g/mol. The molecule has 0 fully saturated rings. The summed E-state index contributed by atoms with van der Waals surface area (Å²) in [6.07, 6.45) is 0. The van der Waals surface area contributed by atoms with Gasteiger partial charge in [0.05, 0.1) is 0 Å². The molecule has 6 heteroatoms. The van der Waals surface area contributed by atoms with Crippen LogP contribution in [0.25, 0.3) is 21.9 Å². The summed E-state index contributed by atoms with van der Waals surface area (Å²) in [5, 5.41) is 10.2. The van der Waals surface area contributed by atoms with Crippen molar-refractivity contribution in [3.63, 3.8) is 0 Å². The lowest BCUT2D eigenvalue weighted by Crippen LogP contribution is -1.98. The highest BCUT2D eigenvalue weighted by Crippen LogP contribution is 2.29. The maximum atomic E-state index is 11.0. The quantitative estimate of drug-likeness (QED) is 0.269. The first-order valence-electron chi connectivity index (χ1n) is 8.36. The Morgan fingerprint density at radius 3 is 1.96 bits per heavy atom. The predicted octanol–water partition coefficient (Wildman–Crippen LogP) is 5.75. The van der Waals surface area contributed by atoms with Crippen LogP contribution in [0.2, 0.25) is 0 Å². The van der Waals surface area contributed by atoms with Gasteiger partial charge in [0.15, 0.2) is 0 Å². The molecule has 2 N–H and O–H groups in total. The van der Waals surface area contributed by atoms with E-state index in [-0.39, 0.29) is 10.6 Å². The summed E-state index contributed by atoms with van der Waals surface area (Å²) in [6, 6.07) is 27.7. The second kappa shape index (κ2) is 8.72. The van der Waals surface area contributed by atoms with E-state index >= 15 is 0 Å². The standard InChI is InChI=1S/C12H9I.C10H8O4S/c13-12-9-5-4-8-11(12)10-6-2-1-3-7-10;11-9-5-1-4-8-7(9)3-2-6-10(8)15(12,13)14/h1-9H;1-6,11H,(H,12,13,14). The third kappa shape index (κ3) is 4.70. The lowest BCUT2D eigenvalue weighted by Gasteiger charge is -2.04. The molecule has 0 aromatic heterocycles. The first-order chi connectivity index (χ1) is 13.4. The fourth-order valence-electron chi connectivity index (χ4n) is 2.80. The van der Waals surface area contributed by atoms with E-state index in [4.69, 9.17) is 4.55 Å². The van der Waals surface area contributed by atoms with Gasteiger partial charge in [-0.15, -0.1) is 0 Å². The summed E-state index contributed by atoms with van der Waals surface area (Å²) < 4.78 is 32.3. The van der Waals surface area contributed by atoms with Crippen LogP contribution < -0.4 is 0 Å². The second-order valence-corrected chi connectivity index (χ2v) is 8.50. The molecule has 0 unspecified atom stereocenters. The van der Waals surface area contributed by atoms with Crippen LogP contribution in [-0.2, 0) is 10.1 Å². The van der Waals surface area contributed by atoms with Crippen LogP contribution >= 0.6 is 22.6 Å². The normalized spacial score (nSPS) is 10.9. The van der Waals surface area contributed by atoms with Crippen molar-refractivity contribution in [3.05, 3.63) is 94.6 Å². The Bertz CT molecular complexity index is 1210. The minimum absolute atomic E-state index is 0.0157. The molecule has 0 amide bonds. The summed E-state index contributed by atoms with van der Waals surface area (Å²) >= 11 is 2.36. The average Bonchev–Trinajstić information content (AvgIpc) is 2.69. The molecule has 4 aromatic rings. The van der Waals surface area contributed by atoms with Crippen molar-refractivity contribution in [3.8, 4) is 16.9 Å². The van der Waals surface area contributed by atoms with Crippen molar-refractivity contribution in [2.24, 2.45) is 0 Å². The van der Waals surface area contributed by atoms with E-state index in [2.05, 4.69) is 71.1 Å². The van der Waals surface area contributed by atoms with Gasteiger partial charge in [0.25, 0.3) is 10.1 Å². The lowest BCUT2D eigenvalue weighted by atomic mass is 10.1.